The second kappa shape index (κ2) is 6.88. The number of nitrogens with one attached hydrogen (secondary N) is 1. The van der Waals surface area contributed by atoms with Crippen molar-refractivity contribution in [2.75, 3.05) is 37.0 Å². The van der Waals surface area contributed by atoms with Crippen LogP contribution in [0.25, 0.3) is 0 Å². The summed E-state index contributed by atoms with van der Waals surface area (Å²) in [4.78, 5) is 25.2. The van der Waals surface area contributed by atoms with E-state index >= 15 is 0 Å². The summed E-state index contributed by atoms with van der Waals surface area (Å²) in [5.74, 6) is -0.217. The minimum atomic E-state index is -0.972. The lowest BCUT2D eigenvalue weighted by molar-refractivity contribution is -0.134. The molecule has 1 aromatic rings. The number of nitrogens with zero attached hydrogens (tertiary/aromatic N) is 4. The summed E-state index contributed by atoms with van der Waals surface area (Å²) in [7, 11) is 1.47. The van der Waals surface area contributed by atoms with Crippen LogP contribution in [-0.4, -0.2) is 52.8 Å². The molecule has 0 unspecified atom stereocenters. The lowest BCUT2D eigenvalue weighted by Crippen LogP contribution is -2.27. The average Bonchev–Trinajstić information content (AvgIpc) is 2.73. The first-order valence-corrected chi connectivity index (χ1v) is 6.69. The Balaban J connectivity index is 2.17. The fourth-order valence-electron chi connectivity index (χ4n) is 2.08. The van der Waals surface area contributed by atoms with E-state index < -0.39 is 5.97 Å². The van der Waals surface area contributed by atoms with Gasteiger partial charge in [-0.25, -0.2) is 0 Å². The summed E-state index contributed by atoms with van der Waals surface area (Å²) in [5.41, 5.74) is 0. The molecule has 1 fully saturated rings. The zero-order valence-corrected chi connectivity index (χ0v) is 11.5. The Bertz CT molecular complexity index is 460. The molecule has 8 nitrogen and oxygen atoms in total. The second-order valence-corrected chi connectivity index (χ2v) is 4.59. The van der Waals surface area contributed by atoms with Crippen molar-refractivity contribution in [1.29, 1.82) is 0 Å². The highest BCUT2D eigenvalue weighted by atomic mass is 16.5. The molecule has 2 N–H and O–H groups in total. The Kier molecular flexibility index (Phi) is 4.91. The maximum absolute atomic E-state index is 10.6. The Hall–Kier alpha value is -2.12. The maximum atomic E-state index is 10.6. The molecule has 0 aliphatic carbocycles. The van der Waals surface area contributed by atoms with Crippen molar-refractivity contribution in [3.8, 4) is 6.01 Å². The zero-order valence-electron chi connectivity index (χ0n) is 11.5. The number of hydrogen-bond acceptors (Lipinski definition) is 7. The number of aromatic nitrogens is 3. The van der Waals surface area contributed by atoms with E-state index in [1.165, 1.54) is 20.0 Å². The molecule has 2 heterocycles. The number of ether oxygens (including phenoxy) is 1. The molecule has 1 aliphatic rings. The van der Waals surface area contributed by atoms with Crippen LogP contribution in [0.3, 0.4) is 0 Å². The molecule has 0 spiro atoms. The van der Waals surface area contributed by atoms with Gasteiger partial charge in [0.2, 0.25) is 11.9 Å². The van der Waals surface area contributed by atoms with Gasteiger partial charge in [0, 0.05) is 13.1 Å². The molecule has 110 valence electrons. The molecule has 0 saturated carbocycles. The number of aliphatic carboxylic acids is 1. The van der Waals surface area contributed by atoms with Gasteiger partial charge in [-0.15, -0.1) is 0 Å². The largest absolute Gasteiger partial charge is 0.480 e. The van der Waals surface area contributed by atoms with Gasteiger partial charge in [0.05, 0.1) is 7.11 Å². The van der Waals surface area contributed by atoms with Crippen molar-refractivity contribution in [2.45, 2.75) is 25.7 Å². The van der Waals surface area contributed by atoms with Crippen molar-refractivity contribution in [2.24, 2.45) is 0 Å². The minimum Gasteiger partial charge on any atom is -0.480 e. The molecular weight excluding hydrogens is 262 g/mol. The van der Waals surface area contributed by atoms with E-state index in [9.17, 15) is 4.79 Å². The van der Waals surface area contributed by atoms with Crippen LogP contribution in [0.5, 0.6) is 6.01 Å². The van der Waals surface area contributed by atoms with Crippen molar-refractivity contribution < 1.29 is 14.6 Å². The van der Waals surface area contributed by atoms with Gasteiger partial charge in [-0.1, -0.05) is 12.8 Å². The van der Waals surface area contributed by atoms with E-state index in [1.54, 1.807) is 0 Å². The first-order chi connectivity index (χ1) is 9.69. The van der Waals surface area contributed by atoms with Crippen molar-refractivity contribution in [1.82, 2.24) is 15.0 Å². The van der Waals surface area contributed by atoms with Crippen LogP contribution in [0.4, 0.5) is 11.9 Å². The third-order valence-electron chi connectivity index (χ3n) is 3.07. The van der Waals surface area contributed by atoms with Crippen molar-refractivity contribution in [3.63, 3.8) is 0 Å². The third kappa shape index (κ3) is 3.94. The van der Waals surface area contributed by atoms with E-state index in [2.05, 4.69) is 25.2 Å². The monoisotopic (exact) mass is 281 g/mol. The third-order valence-corrected chi connectivity index (χ3v) is 3.07. The minimum absolute atomic E-state index is 0.187. The molecule has 20 heavy (non-hydrogen) atoms. The number of rotatable bonds is 5. The molecule has 0 bridgehead atoms. The number of hydrogen-bond donors (Lipinski definition) is 2. The standard InChI is InChI=1S/C12H19N5O3/c1-20-12-15-10(13-8-9(18)19)14-11(16-12)17-6-4-2-3-5-7-17/h2-8H2,1H3,(H,18,19)(H,13,14,15,16). The van der Waals surface area contributed by atoms with Crippen LogP contribution in [0.15, 0.2) is 0 Å². The summed E-state index contributed by atoms with van der Waals surface area (Å²) >= 11 is 0. The maximum Gasteiger partial charge on any atom is 0.322 e. The van der Waals surface area contributed by atoms with Gasteiger partial charge < -0.3 is 20.1 Å². The fraction of sp³-hybridized carbons (Fsp3) is 0.667. The highest BCUT2D eigenvalue weighted by Gasteiger charge is 2.16. The van der Waals surface area contributed by atoms with E-state index in [0.29, 0.717) is 5.95 Å². The highest BCUT2D eigenvalue weighted by Crippen LogP contribution is 2.18. The SMILES string of the molecule is COc1nc(NCC(=O)O)nc(N2CCCCCC2)n1. The molecule has 2 rings (SSSR count). The zero-order chi connectivity index (χ0) is 14.4. The number of carboxylic acids is 1. The van der Waals surface area contributed by atoms with Crippen molar-refractivity contribution >= 4 is 17.9 Å². The predicted octanol–water partition coefficient (Wildman–Crippen LogP) is 0.757. The molecule has 0 radical (unpaired) electrons. The number of methoxy groups -OCH3 is 1. The van der Waals surface area contributed by atoms with E-state index in [-0.39, 0.29) is 18.5 Å². The van der Waals surface area contributed by atoms with Gasteiger partial charge in [0.25, 0.3) is 0 Å². The topological polar surface area (TPSA) is 100 Å². The van der Waals surface area contributed by atoms with Gasteiger partial charge in [-0.05, 0) is 12.8 Å². The van der Waals surface area contributed by atoms with Gasteiger partial charge >= 0.3 is 12.0 Å². The lowest BCUT2D eigenvalue weighted by atomic mass is 10.2. The fourth-order valence-corrected chi connectivity index (χ4v) is 2.08. The summed E-state index contributed by atoms with van der Waals surface area (Å²) in [6, 6.07) is 0.187. The lowest BCUT2D eigenvalue weighted by Gasteiger charge is -2.20. The van der Waals surface area contributed by atoms with Crippen LogP contribution < -0.4 is 15.0 Å². The highest BCUT2D eigenvalue weighted by molar-refractivity contribution is 5.71. The molecule has 1 aromatic heterocycles. The van der Waals surface area contributed by atoms with Gasteiger partial charge in [-0.3, -0.25) is 4.79 Å². The predicted molar refractivity (Wildman–Crippen MR) is 73.2 cm³/mol. The van der Waals surface area contributed by atoms with E-state index in [0.717, 1.165) is 25.9 Å². The van der Waals surface area contributed by atoms with Crippen LogP contribution in [0, 0.1) is 0 Å². The first-order valence-electron chi connectivity index (χ1n) is 6.69. The Labute approximate surface area is 117 Å². The van der Waals surface area contributed by atoms with Crippen molar-refractivity contribution in [3.05, 3.63) is 0 Å². The van der Waals surface area contributed by atoms with Gasteiger partial charge in [0.1, 0.15) is 6.54 Å². The summed E-state index contributed by atoms with van der Waals surface area (Å²) < 4.78 is 5.05. The molecule has 8 heteroatoms. The van der Waals surface area contributed by atoms with Crippen LogP contribution >= 0.6 is 0 Å². The summed E-state index contributed by atoms with van der Waals surface area (Å²) in [5, 5.41) is 11.3. The Morgan fingerprint density at radius 2 is 1.95 bits per heavy atom. The molecule has 1 saturated heterocycles. The summed E-state index contributed by atoms with van der Waals surface area (Å²) in [6.45, 7) is 1.55. The number of anilines is 2. The quantitative estimate of drug-likeness (QED) is 0.815. The normalized spacial score (nSPS) is 15.6. The average molecular weight is 281 g/mol. The molecule has 1 aliphatic heterocycles. The molecular formula is C12H19N5O3. The van der Waals surface area contributed by atoms with Crippen LogP contribution in [0.1, 0.15) is 25.7 Å². The molecule has 0 aromatic carbocycles. The smallest absolute Gasteiger partial charge is 0.322 e. The van der Waals surface area contributed by atoms with E-state index in [1.807, 2.05) is 0 Å². The van der Waals surface area contributed by atoms with E-state index in [4.69, 9.17) is 9.84 Å². The molecule has 0 amide bonds. The molecule has 0 atom stereocenters. The van der Waals surface area contributed by atoms with Gasteiger partial charge in [-0.2, -0.15) is 15.0 Å². The summed E-state index contributed by atoms with van der Waals surface area (Å²) in [6.07, 6.45) is 4.63. The Morgan fingerprint density at radius 1 is 1.25 bits per heavy atom. The Morgan fingerprint density at radius 3 is 2.55 bits per heavy atom. The number of carboxylic acid groups (broad SMARTS) is 1. The first kappa shape index (κ1) is 14.3. The van der Waals surface area contributed by atoms with Crippen LogP contribution in [-0.2, 0) is 4.79 Å². The number of carbonyl (C=O) groups is 1. The van der Waals surface area contributed by atoms with Gasteiger partial charge in [0.15, 0.2) is 0 Å². The van der Waals surface area contributed by atoms with Crippen LogP contribution in [0.2, 0.25) is 0 Å². The second-order valence-electron chi connectivity index (χ2n) is 4.59.